The molecule has 2 aromatic carbocycles. The lowest BCUT2D eigenvalue weighted by molar-refractivity contribution is -0.422. The molecule has 16 nitrogen and oxygen atoms in total. The molecule has 0 aliphatic rings. The fourth-order valence-corrected chi connectivity index (χ4v) is 2.05. The predicted molar refractivity (Wildman–Crippen MR) is 90.3 cm³/mol. The summed E-state index contributed by atoms with van der Waals surface area (Å²) in [4.78, 5) is 71.1. The number of nitro groups is 4. The second-order valence-electron chi connectivity index (χ2n) is 5.21. The maximum absolute atomic E-state index is 11.9. The third-order valence-electron chi connectivity index (χ3n) is 3.36. The van der Waals surface area contributed by atoms with E-state index in [2.05, 4.69) is 9.78 Å². The molecular formula is C14H6N4O12. The van der Waals surface area contributed by atoms with Gasteiger partial charge in [0.05, 0.1) is 36.9 Å². The zero-order valence-corrected chi connectivity index (χ0v) is 14.2. The molecule has 0 amide bonds. The normalized spacial score (nSPS) is 10.0. The molecule has 0 radical (unpaired) electrons. The van der Waals surface area contributed by atoms with Crippen molar-refractivity contribution >= 4 is 34.7 Å². The van der Waals surface area contributed by atoms with Crippen LogP contribution in [0.4, 0.5) is 22.7 Å². The van der Waals surface area contributed by atoms with Gasteiger partial charge in [0, 0.05) is 24.3 Å². The van der Waals surface area contributed by atoms with Gasteiger partial charge in [-0.1, -0.05) is 0 Å². The number of hydrogen-bond donors (Lipinski definition) is 0. The zero-order valence-electron chi connectivity index (χ0n) is 14.2. The summed E-state index contributed by atoms with van der Waals surface area (Å²) in [6.07, 6.45) is 0. The number of carbonyl (C=O) groups is 2. The molecule has 2 rings (SSSR count). The van der Waals surface area contributed by atoms with Gasteiger partial charge in [0.25, 0.3) is 11.4 Å². The van der Waals surface area contributed by atoms with Crippen LogP contribution in [0.1, 0.15) is 20.7 Å². The molecule has 0 saturated carbocycles. The van der Waals surface area contributed by atoms with Gasteiger partial charge >= 0.3 is 23.3 Å². The summed E-state index contributed by atoms with van der Waals surface area (Å²) in [5.41, 5.74) is -4.85. The highest BCUT2D eigenvalue weighted by molar-refractivity contribution is 5.93. The Morgan fingerprint density at radius 2 is 1.07 bits per heavy atom. The van der Waals surface area contributed by atoms with Crippen LogP contribution in [0.3, 0.4) is 0 Å². The Balaban J connectivity index is 2.22. The van der Waals surface area contributed by atoms with E-state index >= 15 is 0 Å². The molecular weight excluding hydrogens is 416 g/mol. The summed E-state index contributed by atoms with van der Waals surface area (Å²) < 4.78 is 0. The van der Waals surface area contributed by atoms with Gasteiger partial charge in [0.15, 0.2) is 0 Å². The molecule has 0 N–H and O–H groups in total. The number of non-ortho nitro benzene ring substituents is 2. The van der Waals surface area contributed by atoms with Crippen LogP contribution in [-0.2, 0) is 9.78 Å². The minimum Gasteiger partial charge on any atom is -0.258 e. The maximum Gasteiger partial charge on any atom is 0.386 e. The first-order valence-corrected chi connectivity index (χ1v) is 7.31. The minimum absolute atomic E-state index is 0.506. The van der Waals surface area contributed by atoms with Crippen LogP contribution >= 0.6 is 0 Å². The van der Waals surface area contributed by atoms with Gasteiger partial charge in [0.1, 0.15) is 0 Å². The molecule has 0 bridgehead atoms. The number of nitrogens with zero attached hydrogens (tertiary/aromatic N) is 4. The number of carbonyl (C=O) groups excluding carboxylic acids is 2. The van der Waals surface area contributed by atoms with Crippen LogP contribution in [0.25, 0.3) is 0 Å². The van der Waals surface area contributed by atoms with E-state index < -0.39 is 65.5 Å². The van der Waals surface area contributed by atoms with Crippen LogP contribution in [0, 0.1) is 40.5 Å². The Morgan fingerprint density at radius 3 is 1.50 bits per heavy atom. The van der Waals surface area contributed by atoms with Gasteiger partial charge in [0.2, 0.25) is 0 Å². The van der Waals surface area contributed by atoms with Crippen molar-refractivity contribution in [1.29, 1.82) is 0 Å². The molecule has 0 unspecified atom stereocenters. The van der Waals surface area contributed by atoms with E-state index in [1.165, 1.54) is 0 Å². The fraction of sp³-hybridized carbons (Fsp3) is 0. The van der Waals surface area contributed by atoms with E-state index in [-0.39, 0.29) is 0 Å². The highest BCUT2D eigenvalue weighted by atomic mass is 17.2. The van der Waals surface area contributed by atoms with Crippen molar-refractivity contribution in [2.75, 3.05) is 0 Å². The standard InChI is InChI=1S/C14H6N4O12/c19-13(7-1-2-11(17(25)26)12(5-7)18(27)28)29-30-14(20)8-3-9(15(21)22)6-10(4-8)16(23)24/h1-6H. The number of benzene rings is 2. The molecule has 0 aromatic heterocycles. The molecule has 2 aromatic rings. The Morgan fingerprint density at radius 1 is 0.600 bits per heavy atom. The molecule has 0 saturated heterocycles. The number of hydrogen-bond acceptors (Lipinski definition) is 12. The van der Waals surface area contributed by atoms with Gasteiger partial charge in [-0.3, -0.25) is 40.5 Å². The summed E-state index contributed by atoms with van der Waals surface area (Å²) in [6, 6.07) is 3.78. The van der Waals surface area contributed by atoms with Crippen LogP contribution in [0.5, 0.6) is 0 Å². The second kappa shape index (κ2) is 8.33. The van der Waals surface area contributed by atoms with Crippen molar-refractivity contribution in [3.05, 3.63) is 88.0 Å². The lowest BCUT2D eigenvalue weighted by Gasteiger charge is -2.04. The maximum atomic E-state index is 11.9. The van der Waals surface area contributed by atoms with Crippen LogP contribution in [0.2, 0.25) is 0 Å². The van der Waals surface area contributed by atoms with Crippen LogP contribution in [-0.4, -0.2) is 31.6 Å². The summed E-state index contributed by atoms with van der Waals surface area (Å²) >= 11 is 0. The predicted octanol–water partition coefficient (Wildman–Crippen LogP) is 2.25. The SMILES string of the molecule is O=C(OOC(=O)c1ccc([N+](=O)[O-])c([N+](=O)[O-])c1)c1cc([N+](=O)[O-])cc([N+](=O)[O-])c1. The lowest BCUT2D eigenvalue weighted by Crippen LogP contribution is -2.13. The van der Waals surface area contributed by atoms with Gasteiger partial charge in [-0.25, -0.2) is 19.4 Å². The zero-order chi connectivity index (χ0) is 22.6. The topological polar surface area (TPSA) is 225 Å². The molecule has 154 valence electrons. The third-order valence-corrected chi connectivity index (χ3v) is 3.36. The lowest BCUT2D eigenvalue weighted by atomic mass is 10.2. The highest BCUT2D eigenvalue weighted by Gasteiger charge is 2.27. The minimum atomic E-state index is -1.52. The largest absolute Gasteiger partial charge is 0.386 e. The second-order valence-corrected chi connectivity index (χ2v) is 5.21. The van der Waals surface area contributed by atoms with E-state index in [9.17, 15) is 50.0 Å². The smallest absolute Gasteiger partial charge is 0.258 e. The molecule has 0 aliphatic carbocycles. The Labute approximate surface area is 162 Å². The first-order valence-electron chi connectivity index (χ1n) is 7.31. The average molecular weight is 422 g/mol. The van der Waals surface area contributed by atoms with Crippen LogP contribution in [0.15, 0.2) is 36.4 Å². The Hall–Kier alpha value is -5.02. The molecule has 16 heteroatoms. The Bertz CT molecular complexity index is 1080. The summed E-state index contributed by atoms with van der Waals surface area (Å²) in [6.45, 7) is 0. The first kappa shape index (κ1) is 21.3. The molecule has 0 fully saturated rings. The van der Waals surface area contributed by atoms with Gasteiger partial charge in [-0.15, -0.1) is 0 Å². The molecule has 0 spiro atoms. The number of rotatable bonds is 6. The first-order chi connectivity index (χ1) is 14.0. The van der Waals surface area contributed by atoms with Gasteiger partial charge < -0.3 is 0 Å². The fourth-order valence-electron chi connectivity index (χ4n) is 2.05. The third kappa shape index (κ3) is 4.63. The van der Waals surface area contributed by atoms with E-state index in [0.717, 1.165) is 6.07 Å². The van der Waals surface area contributed by atoms with E-state index in [1.54, 1.807) is 0 Å². The number of nitro benzene ring substituents is 4. The molecule has 30 heavy (non-hydrogen) atoms. The van der Waals surface area contributed by atoms with Gasteiger partial charge in [-0.05, 0) is 6.07 Å². The van der Waals surface area contributed by atoms with Crippen molar-refractivity contribution in [2.24, 2.45) is 0 Å². The Kier molecular flexibility index (Phi) is 5.91. The van der Waals surface area contributed by atoms with Crippen molar-refractivity contribution in [2.45, 2.75) is 0 Å². The van der Waals surface area contributed by atoms with Crippen molar-refractivity contribution < 1.29 is 39.1 Å². The van der Waals surface area contributed by atoms with Gasteiger partial charge in [-0.2, -0.15) is 0 Å². The average Bonchev–Trinajstić information content (AvgIpc) is 2.70. The van der Waals surface area contributed by atoms with Crippen molar-refractivity contribution in [1.82, 2.24) is 0 Å². The highest BCUT2D eigenvalue weighted by Crippen LogP contribution is 2.28. The summed E-state index contributed by atoms with van der Waals surface area (Å²) in [5.74, 6) is -2.99. The monoisotopic (exact) mass is 422 g/mol. The summed E-state index contributed by atoms with van der Waals surface area (Å²) in [5, 5.41) is 43.2. The summed E-state index contributed by atoms with van der Waals surface area (Å²) in [7, 11) is 0. The molecule has 0 heterocycles. The van der Waals surface area contributed by atoms with E-state index in [4.69, 9.17) is 0 Å². The van der Waals surface area contributed by atoms with Crippen molar-refractivity contribution in [3.8, 4) is 0 Å². The van der Waals surface area contributed by atoms with E-state index in [0.29, 0.717) is 30.3 Å². The molecule has 0 aliphatic heterocycles. The van der Waals surface area contributed by atoms with Crippen molar-refractivity contribution in [3.63, 3.8) is 0 Å². The quantitative estimate of drug-likeness (QED) is 0.371. The van der Waals surface area contributed by atoms with E-state index in [1.807, 2.05) is 0 Å². The molecule has 0 atom stereocenters. The van der Waals surface area contributed by atoms with Crippen LogP contribution < -0.4 is 0 Å².